The van der Waals surface area contributed by atoms with E-state index in [4.69, 9.17) is 10.5 Å². The largest absolute Gasteiger partial charge is 0.462 e. The summed E-state index contributed by atoms with van der Waals surface area (Å²) in [5.74, 6) is -0.750. The highest BCUT2D eigenvalue weighted by atomic mass is 16.5. The van der Waals surface area contributed by atoms with E-state index in [1.54, 1.807) is 31.2 Å². The van der Waals surface area contributed by atoms with Crippen molar-refractivity contribution >= 4 is 23.4 Å². The van der Waals surface area contributed by atoms with E-state index in [2.05, 4.69) is 10.4 Å². The predicted octanol–water partition coefficient (Wildman–Crippen LogP) is 2.88. The van der Waals surface area contributed by atoms with Crippen molar-refractivity contribution in [1.29, 1.82) is 0 Å². The summed E-state index contributed by atoms with van der Waals surface area (Å²) in [4.78, 5) is 24.6. The number of para-hydroxylation sites is 2. The number of carbonyl (C=O) groups excluding carboxylic acids is 2. The minimum Gasteiger partial charge on any atom is -0.462 e. The number of benzene rings is 2. The predicted molar refractivity (Wildman–Crippen MR) is 98.3 cm³/mol. The van der Waals surface area contributed by atoms with Crippen LogP contribution in [0.1, 0.15) is 27.6 Å². The summed E-state index contributed by atoms with van der Waals surface area (Å²) in [5, 5.41) is 6.87. The smallest absolute Gasteiger partial charge is 0.340 e. The number of ether oxygens (including phenoxy) is 1. The van der Waals surface area contributed by atoms with Crippen molar-refractivity contribution in [2.24, 2.45) is 0 Å². The molecule has 26 heavy (non-hydrogen) atoms. The van der Waals surface area contributed by atoms with Crippen LogP contribution in [0.25, 0.3) is 5.69 Å². The van der Waals surface area contributed by atoms with E-state index in [-0.39, 0.29) is 23.6 Å². The first-order chi connectivity index (χ1) is 12.6. The zero-order valence-electron chi connectivity index (χ0n) is 14.2. The zero-order valence-corrected chi connectivity index (χ0v) is 14.2. The highest BCUT2D eigenvalue weighted by Gasteiger charge is 2.19. The lowest BCUT2D eigenvalue weighted by atomic mass is 10.1. The van der Waals surface area contributed by atoms with Gasteiger partial charge in [0.05, 0.1) is 29.7 Å². The molecule has 2 aromatic carbocycles. The number of nitrogens with two attached hydrogens (primary N) is 1. The molecule has 0 saturated heterocycles. The monoisotopic (exact) mass is 350 g/mol. The van der Waals surface area contributed by atoms with Crippen LogP contribution in [0, 0.1) is 0 Å². The van der Waals surface area contributed by atoms with Crippen LogP contribution in [0.15, 0.2) is 60.8 Å². The Kier molecular flexibility index (Phi) is 4.98. The van der Waals surface area contributed by atoms with Crippen LogP contribution in [0.3, 0.4) is 0 Å². The first-order valence-corrected chi connectivity index (χ1v) is 8.08. The molecule has 0 fully saturated rings. The van der Waals surface area contributed by atoms with E-state index in [9.17, 15) is 9.59 Å². The Morgan fingerprint density at radius 2 is 1.77 bits per heavy atom. The summed E-state index contributed by atoms with van der Waals surface area (Å²) >= 11 is 0. The van der Waals surface area contributed by atoms with Gasteiger partial charge in [0.1, 0.15) is 11.4 Å². The Labute approximate surface area is 150 Å². The molecule has 3 N–H and O–H groups in total. The first kappa shape index (κ1) is 17.2. The van der Waals surface area contributed by atoms with E-state index in [1.165, 1.54) is 10.9 Å². The summed E-state index contributed by atoms with van der Waals surface area (Å²) in [6.07, 6.45) is 1.39. The van der Waals surface area contributed by atoms with Crippen LogP contribution in [-0.4, -0.2) is 28.3 Å². The van der Waals surface area contributed by atoms with Crippen molar-refractivity contribution in [2.75, 3.05) is 17.7 Å². The second-order valence-electron chi connectivity index (χ2n) is 5.41. The number of carbonyl (C=O) groups is 2. The molecule has 0 spiro atoms. The molecule has 0 unspecified atom stereocenters. The average Bonchev–Trinajstić information content (AvgIpc) is 3.04. The number of hydrogen-bond acceptors (Lipinski definition) is 5. The van der Waals surface area contributed by atoms with Crippen LogP contribution < -0.4 is 11.1 Å². The Morgan fingerprint density at radius 3 is 2.50 bits per heavy atom. The molecule has 0 saturated carbocycles. The van der Waals surface area contributed by atoms with Gasteiger partial charge < -0.3 is 15.8 Å². The highest BCUT2D eigenvalue weighted by molar-refractivity contribution is 6.10. The molecule has 7 heteroatoms. The minimum atomic E-state index is -0.503. The van der Waals surface area contributed by atoms with E-state index >= 15 is 0 Å². The van der Waals surface area contributed by atoms with Gasteiger partial charge in [0.2, 0.25) is 0 Å². The Bertz CT molecular complexity index is 935. The van der Waals surface area contributed by atoms with Crippen molar-refractivity contribution in [3.05, 3.63) is 71.9 Å². The van der Waals surface area contributed by atoms with Crippen LogP contribution in [0.5, 0.6) is 0 Å². The molecule has 0 aliphatic carbocycles. The van der Waals surface area contributed by atoms with Crippen molar-refractivity contribution in [1.82, 2.24) is 9.78 Å². The molecule has 3 aromatic rings. The molecule has 0 aliphatic heterocycles. The molecule has 0 atom stereocenters. The number of hydrogen-bond donors (Lipinski definition) is 2. The third kappa shape index (κ3) is 3.41. The second-order valence-corrected chi connectivity index (χ2v) is 5.41. The lowest BCUT2D eigenvalue weighted by molar-refractivity contribution is 0.0527. The Hall–Kier alpha value is -3.61. The van der Waals surface area contributed by atoms with E-state index in [0.29, 0.717) is 5.69 Å². The maximum Gasteiger partial charge on any atom is 0.340 e. The van der Waals surface area contributed by atoms with E-state index < -0.39 is 11.9 Å². The van der Waals surface area contributed by atoms with Gasteiger partial charge in [0.25, 0.3) is 5.91 Å². The first-order valence-electron chi connectivity index (χ1n) is 8.08. The fraction of sp³-hybridized carbons (Fsp3) is 0.105. The molecule has 0 bridgehead atoms. The van der Waals surface area contributed by atoms with Crippen molar-refractivity contribution in [3.8, 4) is 5.69 Å². The molecule has 132 valence electrons. The SMILES string of the molecule is CCOC(=O)c1ccccc1NC(=O)c1cnn(-c2ccccc2)c1N. The standard InChI is InChI=1S/C19H18N4O3/c1-2-26-19(25)14-10-6-7-11-16(14)22-18(24)15-12-21-23(17(15)20)13-8-4-3-5-9-13/h3-12H,2,20H2,1H3,(H,22,24). The average molecular weight is 350 g/mol. The van der Waals surface area contributed by atoms with Crippen LogP contribution in [0.4, 0.5) is 11.5 Å². The maximum absolute atomic E-state index is 12.6. The van der Waals surface area contributed by atoms with Gasteiger partial charge >= 0.3 is 5.97 Å². The normalized spacial score (nSPS) is 10.3. The topological polar surface area (TPSA) is 99.2 Å². The fourth-order valence-electron chi connectivity index (χ4n) is 2.48. The Balaban J connectivity index is 1.86. The Morgan fingerprint density at radius 1 is 1.08 bits per heavy atom. The number of nitrogen functional groups attached to an aromatic ring is 1. The van der Waals surface area contributed by atoms with Gasteiger partial charge in [-0.2, -0.15) is 5.10 Å². The number of aromatic nitrogens is 2. The number of nitrogens with zero attached hydrogens (tertiary/aromatic N) is 2. The number of esters is 1. The van der Waals surface area contributed by atoms with Gasteiger partial charge in [0.15, 0.2) is 0 Å². The van der Waals surface area contributed by atoms with Crippen LogP contribution in [-0.2, 0) is 4.74 Å². The number of amides is 1. The van der Waals surface area contributed by atoms with Crippen molar-refractivity contribution in [2.45, 2.75) is 6.92 Å². The second kappa shape index (κ2) is 7.52. The molecular weight excluding hydrogens is 332 g/mol. The third-order valence-corrected chi connectivity index (χ3v) is 3.72. The van der Waals surface area contributed by atoms with Crippen molar-refractivity contribution in [3.63, 3.8) is 0 Å². The lowest BCUT2D eigenvalue weighted by Crippen LogP contribution is -2.17. The fourth-order valence-corrected chi connectivity index (χ4v) is 2.48. The van der Waals surface area contributed by atoms with Crippen molar-refractivity contribution < 1.29 is 14.3 Å². The van der Waals surface area contributed by atoms with Gasteiger partial charge in [-0.15, -0.1) is 0 Å². The summed E-state index contributed by atoms with van der Waals surface area (Å²) < 4.78 is 6.49. The van der Waals surface area contributed by atoms with Gasteiger partial charge in [-0.05, 0) is 31.2 Å². The molecule has 0 aliphatic rings. The number of anilines is 2. The van der Waals surface area contributed by atoms with Gasteiger partial charge in [-0.25, -0.2) is 9.48 Å². The minimum absolute atomic E-state index is 0.210. The molecule has 0 radical (unpaired) electrons. The summed E-state index contributed by atoms with van der Waals surface area (Å²) in [5.41, 5.74) is 7.67. The highest BCUT2D eigenvalue weighted by Crippen LogP contribution is 2.21. The summed E-state index contributed by atoms with van der Waals surface area (Å²) in [6, 6.07) is 15.9. The molecule has 1 amide bonds. The summed E-state index contributed by atoms with van der Waals surface area (Å²) in [6.45, 7) is 1.97. The van der Waals surface area contributed by atoms with Gasteiger partial charge in [-0.1, -0.05) is 30.3 Å². The number of nitrogens with one attached hydrogen (secondary N) is 1. The van der Waals surface area contributed by atoms with E-state index in [1.807, 2.05) is 30.3 Å². The molecule has 3 rings (SSSR count). The quantitative estimate of drug-likeness (QED) is 0.689. The van der Waals surface area contributed by atoms with Crippen LogP contribution >= 0.6 is 0 Å². The number of rotatable bonds is 5. The van der Waals surface area contributed by atoms with Gasteiger partial charge in [0, 0.05) is 0 Å². The zero-order chi connectivity index (χ0) is 18.5. The third-order valence-electron chi connectivity index (χ3n) is 3.72. The van der Waals surface area contributed by atoms with Gasteiger partial charge in [-0.3, -0.25) is 4.79 Å². The molecular formula is C19H18N4O3. The summed E-state index contributed by atoms with van der Waals surface area (Å²) in [7, 11) is 0. The molecule has 1 heterocycles. The molecule has 7 nitrogen and oxygen atoms in total. The van der Waals surface area contributed by atoms with Crippen LogP contribution in [0.2, 0.25) is 0 Å². The van der Waals surface area contributed by atoms with E-state index in [0.717, 1.165) is 5.69 Å². The maximum atomic E-state index is 12.6. The lowest BCUT2D eigenvalue weighted by Gasteiger charge is -2.10. The molecule has 1 aromatic heterocycles.